The summed E-state index contributed by atoms with van der Waals surface area (Å²) in [4.78, 5) is 13.1. The van der Waals surface area contributed by atoms with E-state index in [1.54, 1.807) is 0 Å². The number of carboxylic acid groups (broad SMARTS) is 1. The van der Waals surface area contributed by atoms with Gasteiger partial charge in [-0.05, 0) is 19.4 Å². The third-order valence-electron chi connectivity index (χ3n) is 2.97. The number of nitrogens with one attached hydrogen (secondary N) is 1. The smallest absolute Gasteiger partial charge is 0.320 e. The minimum atomic E-state index is -0.923. The summed E-state index contributed by atoms with van der Waals surface area (Å²) in [6, 6.07) is 5.43. The van der Waals surface area contributed by atoms with E-state index in [4.69, 9.17) is 20.9 Å². The van der Waals surface area contributed by atoms with Crippen molar-refractivity contribution in [3.05, 3.63) is 0 Å². The van der Waals surface area contributed by atoms with Gasteiger partial charge in [0.25, 0.3) is 0 Å². The number of nitrogens with zero attached hydrogens (tertiary/aromatic N) is 4. The first kappa shape index (κ1) is 18.9. The fraction of sp³-hybridized carbons (Fsp3) is 0.714. The molecule has 21 heavy (non-hydrogen) atoms. The number of hydrogen-bond acceptors (Lipinski definition) is 6. The summed E-state index contributed by atoms with van der Waals surface area (Å²) in [7, 11) is 0. The molecule has 0 radical (unpaired) electrons. The summed E-state index contributed by atoms with van der Waals surface area (Å²) < 4.78 is 0. The van der Waals surface area contributed by atoms with Gasteiger partial charge in [-0.15, -0.1) is 0 Å². The molecule has 0 aromatic heterocycles. The second-order valence-electron chi connectivity index (χ2n) is 4.55. The van der Waals surface area contributed by atoms with E-state index in [1.807, 2.05) is 11.0 Å². The van der Waals surface area contributed by atoms with Crippen LogP contribution in [-0.2, 0) is 4.79 Å². The molecule has 0 aromatic rings. The Labute approximate surface area is 125 Å². The Morgan fingerprint density at radius 2 is 1.62 bits per heavy atom. The van der Waals surface area contributed by atoms with E-state index in [2.05, 4.69) is 17.5 Å². The SMILES string of the molecule is N#CCCN[C@@H](CCCN(CCC#N)CCC#N)C(=O)O. The first-order valence-electron chi connectivity index (χ1n) is 6.95. The maximum absolute atomic E-state index is 11.1. The van der Waals surface area contributed by atoms with Crippen molar-refractivity contribution in [3.63, 3.8) is 0 Å². The molecule has 0 saturated heterocycles. The number of nitriles is 3. The molecule has 1 atom stereocenters. The molecule has 7 heteroatoms. The lowest BCUT2D eigenvalue weighted by Gasteiger charge is -2.21. The minimum Gasteiger partial charge on any atom is -0.480 e. The van der Waals surface area contributed by atoms with Gasteiger partial charge in [0.2, 0.25) is 0 Å². The quantitative estimate of drug-likeness (QED) is 0.511. The van der Waals surface area contributed by atoms with E-state index in [0.717, 1.165) is 0 Å². The largest absolute Gasteiger partial charge is 0.480 e. The molecule has 7 nitrogen and oxygen atoms in total. The normalized spacial score (nSPS) is 11.3. The van der Waals surface area contributed by atoms with E-state index in [-0.39, 0.29) is 6.42 Å². The monoisotopic (exact) mass is 291 g/mol. The van der Waals surface area contributed by atoms with Crippen molar-refractivity contribution in [2.45, 2.75) is 38.1 Å². The zero-order valence-corrected chi connectivity index (χ0v) is 12.1. The van der Waals surface area contributed by atoms with Gasteiger partial charge >= 0.3 is 5.97 Å². The number of carbonyl (C=O) groups is 1. The summed E-state index contributed by atoms with van der Waals surface area (Å²) in [6.07, 6.45) is 2.19. The highest BCUT2D eigenvalue weighted by Crippen LogP contribution is 2.03. The van der Waals surface area contributed by atoms with Crippen LogP contribution in [0.5, 0.6) is 0 Å². The van der Waals surface area contributed by atoms with Gasteiger partial charge < -0.3 is 15.3 Å². The molecule has 0 spiro atoms. The fourth-order valence-electron chi connectivity index (χ4n) is 1.89. The van der Waals surface area contributed by atoms with Gasteiger partial charge in [0, 0.05) is 38.9 Å². The highest BCUT2D eigenvalue weighted by molar-refractivity contribution is 5.73. The number of rotatable bonds is 12. The summed E-state index contributed by atoms with van der Waals surface area (Å²) in [5.74, 6) is -0.923. The van der Waals surface area contributed by atoms with Crippen molar-refractivity contribution >= 4 is 5.97 Å². The summed E-state index contributed by atoms with van der Waals surface area (Å²) in [5.41, 5.74) is 0. The lowest BCUT2D eigenvalue weighted by Crippen LogP contribution is -2.38. The summed E-state index contributed by atoms with van der Waals surface area (Å²) in [5, 5.41) is 37.5. The van der Waals surface area contributed by atoms with E-state index in [0.29, 0.717) is 51.9 Å². The highest BCUT2D eigenvalue weighted by Gasteiger charge is 2.16. The van der Waals surface area contributed by atoms with E-state index >= 15 is 0 Å². The van der Waals surface area contributed by atoms with Crippen LogP contribution < -0.4 is 5.32 Å². The van der Waals surface area contributed by atoms with Crippen molar-refractivity contribution in [1.29, 1.82) is 15.8 Å². The van der Waals surface area contributed by atoms with E-state index in [9.17, 15) is 4.79 Å². The van der Waals surface area contributed by atoms with Crippen LogP contribution in [0.2, 0.25) is 0 Å². The lowest BCUT2D eigenvalue weighted by atomic mass is 10.1. The van der Waals surface area contributed by atoms with Gasteiger partial charge in [-0.2, -0.15) is 15.8 Å². The molecule has 0 amide bonds. The van der Waals surface area contributed by atoms with Crippen molar-refractivity contribution in [2.24, 2.45) is 0 Å². The Morgan fingerprint density at radius 1 is 1.05 bits per heavy atom. The van der Waals surface area contributed by atoms with Crippen LogP contribution in [-0.4, -0.2) is 48.2 Å². The predicted molar refractivity (Wildman–Crippen MR) is 75.8 cm³/mol. The van der Waals surface area contributed by atoms with Crippen LogP contribution in [0.1, 0.15) is 32.1 Å². The van der Waals surface area contributed by atoms with Crippen molar-refractivity contribution in [2.75, 3.05) is 26.2 Å². The standard InChI is InChI=1S/C14H21N5O2/c15-6-2-9-18-13(14(20)21)5-1-10-19(11-3-7-16)12-4-8-17/h13,18H,1-5,9-12H2,(H,20,21)/t13-/m0/s1. The van der Waals surface area contributed by atoms with E-state index in [1.165, 1.54) is 0 Å². The van der Waals surface area contributed by atoms with Crippen molar-refractivity contribution < 1.29 is 9.90 Å². The van der Waals surface area contributed by atoms with Crippen LogP contribution in [0, 0.1) is 34.0 Å². The maximum Gasteiger partial charge on any atom is 0.320 e. The molecule has 114 valence electrons. The fourth-order valence-corrected chi connectivity index (χ4v) is 1.89. The molecule has 0 bridgehead atoms. The third kappa shape index (κ3) is 10.3. The Balaban J connectivity index is 4.12. The Bertz CT molecular complexity index is 401. The van der Waals surface area contributed by atoms with Gasteiger partial charge in [-0.3, -0.25) is 4.79 Å². The molecule has 0 rings (SSSR count). The Hall–Kier alpha value is -2.14. The summed E-state index contributed by atoms with van der Waals surface area (Å²) in [6.45, 7) is 2.21. The highest BCUT2D eigenvalue weighted by atomic mass is 16.4. The van der Waals surface area contributed by atoms with Crippen LogP contribution in [0.3, 0.4) is 0 Å². The molecule has 0 fully saturated rings. The molecular formula is C14H21N5O2. The molecule has 0 unspecified atom stereocenters. The molecule has 2 N–H and O–H groups in total. The molecule has 0 aliphatic heterocycles. The van der Waals surface area contributed by atoms with Gasteiger partial charge in [0.1, 0.15) is 6.04 Å². The summed E-state index contributed by atoms with van der Waals surface area (Å²) >= 11 is 0. The third-order valence-corrected chi connectivity index (χ3v) is 2.97. The van der Waals surface area contributed by atoms with Gasteiger partial charge in [0.05, 0.1) is 18.2 Å². The molecule has 0 heterocycles. The molecule has 0 aromatic carbocycles. The van der Waals surface area contributed by atoms with Gasteiger partial charge in [-0.25, -0.2) is 0 Å². The maximum atomic E-state index is 11.1. The second-order valence-corrected chi connectivity index (χ2v) is 4.55. The Kier molecular flexibility index (Phi) is 11.6. The van der Waals surface area contributed by atoms with Crippen LogP contribution in [0.15, 0.2) is 0 Å². The van der Waals surface area contributed by atoms with E-state index < -0.39 is 12.0 Å². The first-order valence-corrected chi connectivity index (χ1v) is 6.95. The molecule has 0 saturated carbocycles. The predicted octanol–water partition coefficient (Wildman–Crippen LogP) is 0.852. The van der Waals surface area contributed by atoms with Crippen molar-refractivity contribution in [1.82, 2.24) is 10.2 Å². The minimum absolute atomic E-state index is 0.278. The lowest BCUT2D eigenvalue weighted by molar-refractivity contribution is -0.139. The second kappa shape index (κ2) is 12.9. The average molecular weight is 291 g/mol. The number of aliphatic carboxylic acids is 1. The topological polar surface area (TPSA) is 124 Å². The van der Waals surface area contributed by atoms with Gasteiger partial charge in [0.15, 0.2) is 0 Å². The van der Waals surface area contributed by atoms with Crippen LogP contribution >= 0.6 is 0 Å². The molecule has 0 aliphatic carbocycles. The zero-order valence-electron chi connectivity index (χ0n) is 12.1. The molecule has 0 aliphatic rings. The first-order chi connectivity index (χ1) is 10.2. The zero-order chi connectivity index (χ0) is 15.9. The van der Waals surface area contributed by atoms with Gasteiger partial charge in [-0.1, -0.05) is 0 Å². The number of hydrogen-bond donors (Lipinski definition) is 2. The van der Waals surface area contributed by atoms with Crippen molar-refractivity contribution in [3.8, 4) is 18.2 Å². The van der Waals surface area contributed by atoms with Crippen LogP contribution in [0.25, 0.3) is 0 Å². The average Bonchev–Trinajstić information content (AvgIpc) is 2.47. The number of carboxylic acids is 1. The molecular weight excluding hydrogens is 270 g/mol. The Morgan fingerprint density at radius 3 is 2.10 bits per heavy atom. The van der Waals surface area contributed by atoms with Crippen LogP contribution in [0.4, 0.5) is 0 Å².